The first-order chi connectivity index (χ1) is 8.35. The van der Waals surface area contributed by atoms with Crippen LogP contribution in [0, 0.1) is 0 Å². The second-order valence-electron chi connectivity index (χ2n) is 4.44. The van der Waals surface area contributed by atoms with E-state index in [1.54, 1.807) is 0 Å². The molecule has 0 aromatic heterocycles. The Kier molecular flexibility index (Phi) is 4.37. The molecule has 3 heteroatoms. The van der Waals surface area contributed by atoms with E-state index in [1.165, 1.54) is 11.1 Å². The van der Waals surface area contributed by atoms with Crippen LogP contribution in [0.3, 0.4) is 0 Å². The maximum absolute atomic E-state index is 12.0. The van der Waals surface area contributed by atoms with Crippen LogP contribution in [-0.4, -0.2) is 19.8 Å². The van der Waals surface area contributed by atoms with Crippen LogP contribution >= 0.6 is 0 Å². The second kappa shape index (κ2) is 6.01. The highest BCUT2D eigenvalue weighted by atomic mass is 19.1. The lowest BCUT2D eigenvalue weighted by Gasteiger charge is -2.13. The molecule has 1 aromatic rings. The van der Waals surface area contributed by atoms with Gasteiger partial charge in [0, 0.05) is 6.04 Å². The predicted molar refractivity (Wildman–Crippen MR) is 67.3 cm³/mol. The quantitative estimate of drug-likeness (QED) is 0.821. The molecule has 0 fully saturated rings. The summed E-state index contributed by atoms with van der Waals surface area (Å²) in [6, 6.07) is 6.60. The van der Waals surface area contributed by atoms with Crippen LogP contribution in [0.4, 0.5) is 4.39 Å². The molecule has 2 rings (SSSR count). The van der Waals surface area contributed by atoms with Crippen molar-refractivity contribution in [2.45, 2.75) is 32.2 Å². The third-order valence-electron chi connectivity index (χ3n) is 3.18. The lowest BCUT2D eigenvalue weighted by molar-refractivity contribution is 0.273. The van der Waals surface area contributed by atoms with Gasteiger partial charge in [-0.25, -0.2) is 4.39 Å². The highest BCUT2D eigenvalue weighted by molar-refractivity contribution is 5.40. The second-order valence-corrected chi connectivity index (χ2v) is 4.44. The van der Waals surface area contributed by atoms with Crippen molar-refractivity contribution in [1.29, 1.82) is 0 Å². The Balaban J connectivity index is 2.03. The summed E-state index contributed by atoms with van der Waals surface area (Å²) in [6.07, 6.45) is 3.40. The summed E-state index contributed by atoms with van der Waals surface area (Å²) in [4.78, 5) is 0. The molecule has 94 valence electrons. The fourth-order valence-corrected chi connectivity index (χ4v) is 2.37. The summed E-state index contributed by atoms with van der Waals surface area (Å²) < 4.78 is 17.3. The molecule has 1 aromatic carbocycles. The lowest BCUT2D eigenvalue weighted by atomic mass is 10.1. The van der Waals surface area contributed by atoms with Gasteiger partial charge < -0.3 is 10.1 Å². The van der Waals surface area contributed by atoms with Crippen LogP contribution in [0.2, 0.25) is 0 Å². The third kappa shape index (κ3) is 2.97. The van der Waals surface area contributed by atoms with Crippen LogP contribution in [0.15, 0.2) is 18.2 Å². The van der Waals surface area contributed by atoms with E-state index in [0.29, 0.717) is 6.04 Å². The molecule has 1 atom stereocenters. The highest BCUT2D eigenvalue weighted by Crippen LogP contribution is 2.33. The number of benzene rings is 1. The highest BCUT2D eigenvalue weighted by Gasteiger charge is 2.21. The molecular weight excluding hydrogens is 217 g/mol. The molecule has 1 unspecified atom stereocenters. The number of hydrogen-bond acceptors (Lipinski definition) is 2. The summed E-state index contributed by atoms with van der Waals surface area (Å²) in [6.45, 7) is 2.95. The van der Waals surface area contributed by atoms with E-state index in [0.717, 1.165) is 31.6 Å². The molecule has 0 saturated heterocycles. The number of rotatable bonds is 6. The zero-order valence-corrected chi connectivity index (χ0v) is 10.3. The van der Waals surface area contributed by atoms with Gasteiger partial charge in [0.25, 0.3) is 0 Å². The van der Waals surface area contributed by atoms with Gasteiger partial charge in [0.15, 0.2) is 0 Å². The first kappa shape index (κ1) is 12.4. The lowest BCUT2D eigenvalue weighted by Crippen LogP contribution is -2.19. The molecule has 1 aliphatic carbocycles. The minimum absolute atomic E-state index is 0.149. The van der Waals surface area contributed by atoms with E-state index in [-0.39, 0.29) is 6.61 Å². The Morgan fingerprint density at radius 3 is 3.12 bits per heavy atom. The monoisotopic (exact) mass is 237 g/mol. The number of fused-ring (bicyclic) bond motifs is 1. The molecule has 2 nitrogen and oxygen atoms in total. The molecule has 0 aliphatic heterocycles. The van der Waals surface area contributed by atoms with Crippen molar-refractivity contribution in [3.05, 3.63) is 29.3 Å². The van der Waals surface area contributed by atoms with Crippen molar-refractivity contribution in [3.8, 4) is 5.75 Å². The van der Waals surface area contributed by atoms with Crippen molar-refractivity contribution in [2.75, 3.05) is 19.8 Å². The first-order valence-electron chi connectivity index (χ1n) is 6.40. The van der Waals surface area contributed by atoms with E-state index < -0.39 is 6.67 Å². The van der Waals surface area contributed by atoms with Crippen LogP contribution in [0.25, 0.3) is 0 Å². The van der Waals surface area contributed by atoms with Crippen LogP contribution in [0.1, 0.15) is 36.9 Å². The zero-order chi connectivity index (χ0) is 12.1. The zero-order valence-electron chi connectivity index (χ0n) is 10.3. The van der Waals surface area contributed by atoms with Gasteiger partial charge in [0.1, 0.15) is 19.0 Å². The van der Waals surface area contributed by atoms with Crippen molar-refractivity contribution in [1.82, 2.24) is 5.32 Å². The van der Waals surface area contributed by atoms with E-state index >= 15 is 0 Å². The Morgan fingerprint density at radius 1 is 1.47 bits per heavy atom. The van der Waals surface area contributed by atoms with Crippen molar-refractivity contribution >= 4 is 0 Å². The van der Waals surface area contributed by atoms with Gasteiger partial charge in [-0.3, -0.25) is 0 Å². The third-order valence-corrected chi connectivity index (χ3v) is 3.18. The van der Waals surface area contributed by atoms with Gasteiger partial charge in [-0.15, -0.1) is 0 Å². The molecule has 0 heterocycles. The first-order valence-corrected chi connectivity index (χ1v) is 6.40. The Hall–Kier alpha value is -1.09. The fraction of sp³-hybridized carbons (Fsp3) is 0.571. The van der Waals surface area contributed by atoms with Crippen molar-refractivity contribution in [2.24, 2.45) is 0 Å². The molecule has 17 heavy (non-hydrogen) atoms. The van der Waals surface area contributed by atoms with Crippen LogP contribution in [0.5, 0.6) is 5.75 Å². The Morgan fingerprint density at radius 2 is 2.35 bits per heavy atom. The molecule has 0 saturated carbocycles. The van der Waals surface area contributed by atoms with E-state index in [2.05, 4.69) is 24.4 Å². The van der Waals surface area contributed by atoms with Gasteiger partial charge in [-0.2, -0.15) is 0 Å². The summed E-state index contributed by atoms with van der Waals surface area (Å²) in [5.41, 5.74) is 2.72. The Bertz CT molecular complexity index is 367. The minimum Gasteiger partial charge on any atom is -0.491 e. The van der Waals surface area contributed by atoms with Crippen LogP contribution < -0.4 is 10.1 Å². The van der Waals surface area contributed by atoms with E-state index in [1.807, 2.05) is 6.07 Å². The maximum Gasteiger partial charge on any atom is 0.123 e. The molecule has 1 aliphatic rings. The minimum atomic E-state index is -0.433. The molecule has 0 bridgehead atoms. The summed E-state index contributed by atoms with van der Waals surface area (Å²) in [5.74, 6) is 0.789. The van der Waals surface area contributed by atoms with Gasteiger partial charge in [-0.05, 0) is 49.1 Å². The normalized spacial score (nSPS) is 18.1. The molecule has 0 radical (unpaired) electrons. The average molecular weight is 237 g/mol. The van der Waals surface area contributed by atoms with Gasteiger partial charge >= 0.3 is 0 Å². The van der Waals surface area contributed by atoms with Gasteiger partial charge in [-0.1, -0.05) is 13.0 Å². The largest absolute Gasteiger partial charge is 0.491 e. The predicted octanol–water partition coefficient (Wildman–Crippen LogP) is 3.02. The number of hydrogen-bond donors (Lipinski definition) is 1. The van der Waals surface area contributed by atoms with Gasteiger partial charge in [0.05, 0.1) is 0 Å². The number of aryl methyl sites for hydroxylation is 1. The number of alkyl halides is 1. The topological polar surface area (TPSA) is 21.3 Å². The summed E-state index contributed by atoms with van der Waals surface area (Å²) in [7, 11) is 0. The maximum atomic E-state index is 12.0. The van der Waals surface area contributed by atoms with E-state index in [9.17, 15) is 4.39 Å². The summed E-state index contributed by atoms with van der Waals surface area (Å²) in [5, 5.41) is 3.55. The molecule has 0 spiro atoms. The van der Waals surface area contributed by atoms with Crippen molar-refractivity contribution < 1.29 is 9.13 Å². The molecule has 1 N–H and O–H groups in total. The summed E-state index contributed by atoms with van der Waals surface area (Å²) >= 11 is 0. The van der Waals surface area contributed by atoms with Crippen LogP contribution in [-0.2, 0) is 6.42 Å². The molecule has 0 amide bonds. The average Bonchev–Trinajstić information content (AvgIpc) is 2.76. The smallest absolute Gasteiger partial charge is 0.123 e. The van der Waals surface area contributed by atoms with E-state index in [4.69, 9.17) is 4.74 Å². The van der Waals surface area contributed by atoms with Crippen molar-refractivity contribution in [3.63, 3.8) is 0 Å². The number of ether oxygens (including phenoxy) is 1. The number of halogens is 1. The fourth-order valence-electron chi connectivity index (χ4n) is 2.37. The number of nitrogens with one attached hydrogen (secondary N) is 1. The molecular formula is C14H20FNO. The standard InChI is InChI=1S/C14H20FNO/c1-2-8-16-14-6-3-11-10-12(17-9-7-15)4-5-13(11)14/h4-5,10,14,16H,2-3,6-9H2,1H3. The Labute approximate surface area is 102 Å². The SMILES string of the molecule is CCCNC1CCc2cc(OCCF)ccc21. The van der Waals surface area contributed by atoms with Gasteiger partial charge in [0.2, 0.25) is 0 Å².